The molecule has 0 atom stereocenters. The number of fused-ring (bicyclic) bond motifs is 2. The van der Waals surface area contributed by atoms with Crippen LogP contribution in [0.25, 0.3) is 34.0 Å². The Morgan fingerprint density at radius 2 is 1.69 bits per heavy atom. The molecule has 1 N–H and O–H groups in total. The second-order valence-corrected chi connectivity index (χ2v) is 8.85. The molecule has 35 heavy (non-hydrogen) atoms. The molecule has 0 radical (unpaired) electrons. The average Bonchev–Trinajstić information content (AvgIpc) is 3.44. The van der Waals surface area contributed by atoms with E-state index in [4.69, 9.17) is 4.98 Å². The molecule has 0 bridgehead atoms. The lowest BCUT2D eigenvalue weighted by atomic mass is 10.0. The van der Waals surface area contributed by atoms with Crippen molar-refractivity contribution < 1.29 is 4.79 Å². The number of amides is 1. The molecule has 2 aromatic carbocycles. The molecule has 4 heterocycles. The number of pyridine rings is 1. The predicted octanol–water partition coefficient (Wildman–Crippen LogP) is 4.52. The molecule has 3 aromatic heterocycles. The predicted molar refractivity (Wildman–Crippen MR) is 137 cm³/mol. The van der Waals surface area contributed by atoms with Gasteiger partial charge in [-0.05, 0) is 43.2 Å². The molecule has 0 spiro atoms. The van der Waals surface area contributed by atoms with E-state index in [-0.39, 0.29) is 17.6 Å². The first-order chi connectivity index (χ1) is 17.2. The summed E-state index contributed by atoms with van der Waals surface area (Å²) in [5.74, 6) is -0.0281. The second-order valence-electron chi connectivity index (χ2n) is 8.85. The molecule has 1 aliphatic rings. The molecular formula is C28H25N5O2. The van der Waals surface area contributed by atoms with Crippen molar-refractivity contribution >= 4 is 28.7 Å². The van der Waals surface area contributed by atoms with Gasteiger partial charge in [-0.2, -0.15) is 0 Å². The van der Waals surface area contributed by atoms with Gasteiger partial charge in [0.1, 0.15) is 5.65 Å². The van der Waals surface area contributed by atoms with Crippen molar-refractivity contribution in [3.8, 4) is 11.3 Å². The van der Waals surface area contributed by atoms with Crippen LogP contribution in [0.4, 0.5) is 0 Å². The number of hydrogen-bond donors (Lipinski definition) is 1. The standard InChI is InChI=1S/C28H25N5O2/c34-26(31-18-15-21(16-19-31)33-23-11-5-4-10-22(23)29-28(33)35)14-13-24-27(20-8-2-1-3-9-20)30-25-12-6-7-17-32(24)25/h1-14,17,21H,15-16,18-19H2,(H,29,35)/b14-13+. The largest absolute Gasteiger partial charge is 0.339 e. The molecule has 0 aliphatic carbocycles. The van der Waals surface area contributed by atoms with Crippen LogP contribution in [0.15, 0.2) is 89.9 Å². The third-order valence-corrected chi connectivity index (χ3v) is 6.76. The Balaban J connectivity index is 1.22. The van der Waals surface area contributed by atoms with Crippen LogP contribution < -0.4 is 5.69 Å². The molecule has 1 saturated heterocycles. The zero-order chi connectivity index (χ0) is 23.8. The van der Waals surface area contributed by atoms with Gasteiger partial charge in [0, 0.05) is 37.0 Å². The normalized spacial score (nSPS) is 14.9. The first-order valence-electron chi connectivity index (χ1n) is 11.9. The van der Waals surface area contributed by atoms with Crippen molar-refractivity contribution in [1.82, 2.24) is 23.8 Å². The topological polar surface area (TPSA) is 75.4 Å². The average molecular weight is 464 g/mol. The number of aromatic nitrogens is 4. The number of carbonyl (C=O) groups is 1. The van der Waals surface area contributed by atoms with E-state index in [1.165, 1.54) is 0 Å². The van der Waals surface area contributed by atoms with Crippen LogP contribution in [-0.4, -0.2) is 42.8 Å². The highest BCUT2D eigenvalue weighted by Gasteiger charge is 2.25. The van der Waals surface area contributed by atoms with Gasteiger partial charge in [-0.25, -0.2) is 9.78 Å². The molecule has 6 rings (SSSR count). The lowest BCUT2D eigenvalue weighted by Gasteiger charge is -2.32. The second kappa shape index (κ2) is 8.76. The molecule has 1 amide bonds. The number of imidazole rings is 2. The van der Waals surface area contributed by atoms with Crippen LogP contribution in [0.2, 0.25) is 0 Å². The van der Waals surface area contributed by atoms with E-state index in [0.717, 1.165) is 46.5 Å². The molecular weight excluding hydrogens is 438 g/mol. The fourth-order valence-corrected chi connectivity index (χ4v) is 5.02. The van der Waals surface area contributed by atoms with Gasteiger partial charge in [0.2, 0.25) is 5.91 Å². The lowest BCUT2D eigenvalue weighted by Crippen LogP contribution is -2.39. The Bertz CT molecular complexity index is 1600. The first kappa shape index (κ1) is 21.2. The fraction of sp³-hybridized carbons (Fsp3) is 0.179. The zero-order valence-corrected chi connectivity index (χ0v) is 19.2. The van der Waals surface area contributed by atoms with Crippen molar-refractivity contribution in [1.29, 1.82) is 0 Å². The zero-order valence-electron chi connectivity index (χ0n) is 19.2. The van der Waals surface area contributed by atoms with Crippen molar-refractivity contribution in [3.63, 3.8) is 0 Å². The summed E-state index contributed by atoms with van der Waals surface area (Å²) in [6.45, 7) is 1.22. The van der Waals surface area contributed by atoms with E-state index in [9.17, 15) is 9.59 Å². The van der Waals surface area contributed by atoms with Gasteiger partial charge in [-0.1, -0.05) is 48.5 Å². The number of aromatic amines is 1. The van der Waals surface area contributed by atoms with Crippen LogP contribution in [-0.2, 0) is 4.79 Å². The number of piperidine rings is 1. The number of nitrogens with one attached hydrogen (secondary N) is 1. The van der Waals surface area contributed by atoms with Crippen LogP contribution >= 0.6 is 0 Å². The summed E-state index contributed by atoms with van der Waals surface area (Å²) >= 11 is 0. The number of hydrogen-bond acceptors (Lipinski definition) is 3. The molecule has 0 unspecified atom stereocenters. The number of H-pyrrole nitrogens is 1. The van der Waals surface area contributed by atoms with E-state index in [1.807, 2.05) is 98.9 Å². The summed E-state index contributed by atoms with van der Waals surface area (Å²) < 4.78 is 3.85. The van der Waals surface area contributed by atoms with E-state index in [0.29, 0.717) is 13.1 Å². The Morgan fingerprint density at radius 1 is 0.943 bits per heavy atom. The molecule has 0 saturated carbocycles. The highest BCUT2D eigenvalue weighted by atomic mass is 16.2. The highest BCUT2D eigenvalue weighted by Crippen LogP contribution is 2.27. The van der Waals surface area contributed by atoms with E-state index < -0.39 is 0 Å². The van der Waals surface area contributed by atoms with E-state index in [1.54, 1.807) is 6.08 Å². The third kappa shape index (κ3) is 3.85. The van der Waals surface area contributed by atoms with E-state index in [2.05, 4.69) is 4.98 Å². The minimum atomic E-state index is -0.0862. The quantitative estimate of drug-likeness (QED) is 0.398. The van der Waals surface area contributed by atoms with Gasteiger partial charge in [-0.3, -0.25) is 13.8 Å². The summed E-state index contributed by atoms with van der Waals surface area (Å²) in [6.07, 6.45) is 6.95. The molecule has 174 valence electrons. The smallest absolute Gasteiger partial charge is 0.326 e. The van der Waals surface area contributed by atoms with Crippen LogP contribution in [0.5, 0.6) is 0 Å². The maximum absolute atomic E-state index is 13.1. The van der Waals surface area contributed by atoms with Gasteiger partial charge >= 0.3 is 5.69 Å². The summed E-state index contributed by atoms with van der Waals surface area (Å²) in [5.41, 5.74) is 5.25. The molecule has 1 fully saturated rings. The summed E-state index contributed by atoms with van der Waals surface area (Å²) in [6, 6.07) is 23.7. The number of rotatable bonds is 4. The van der Waals surface area contributed by atoms with Crippen molar-refractivity contribution in [2.24, 2.45) is 0 Å². The third-order valence-electron chi connectivity index (χ3n) is 6.76. The Labute approximate surface area is 202 Å². The minimum Gasteiger partial charge on any atom is -0.339 e. The van der Waals surface area contributed by atoms with Crippen LogP contribution in [0.1, 0.15) is 24.6 Å². The molecule has 1 aliphatic heterocycles. The van der Waals surface area contributed by atoms with Gasteiger partial charge in [0.25, 0.3) is 0 Å². The lowest BCUT2D eigenvalue weighted by molar-refractivity contribution is -0.127. The van der Waals surface area contributed by atoms with Crippen molar-refractivity contribution in [2.45, 2.75) is 18.9 Å². The maximum atomic E-state index is 13.1. The monoisotopic (exact) mass is 463 g/mol. The Kier molecular flexibility index (Phi) is 5.29. The fourth-order valence-electron chi connectivity index (χ4n) is 5.02. The molecule has 5 aromatic rings. The van der Waals surface area contributed by atoms with Crippen molar-refractivity contribution in [3.05, 3.63) is 101 Å². The number of likely N-dealkylation sites (tertiary alicyclic amines) is 1. The van der Waals surface area contributed by atoms with Crippen LogP contribution in [0, 0.1) is 0 Å². The van der Waals surface area contributed by atoms with Gasteiger partial charge in [0.05, 0.1) is 22.4 Å². The minimum absolute atomic E-state index is 0.0281. The highest BCUT2D eigenvalue weighted by molar-refractivity contribution is 5.93. The number of benzene rings is 2. The van der Waals surface area contributed by atoms with Gasteiger partial charge in [-0.15, -0.1) is 0 Å². The van der Waals surface area contributed by atoms with Gasteiger partial charge < -0.3 is 9.88 Å². The Morgan fingerprint density at radius 3 is 2.51 bits per heavy atom. The number of para-hydroxylation sites is 2. The van der Waals surface area contributed by atoms with Gasteiger partial charge in [0.15, 0.2) is 0 Å². The van der Waals surface area contributed by atoms with Crippen LogP contribution in [0.3, 0.4) is 0 Å². The summed E-state index contributed by atoms with van der Waals surface area (Å²) in [5, 5.41) is 0. The number of carbonyl (C=O) groups excluding carboxylic acids is 1. The molecule has 7 nitrogen and oxygen atoms in total. The Hall–Kier alpha value is -4.39. The molecule has 7 heteroatoms. The SMILES string of the molecule is O=C(/C=C/c1c(-c2ccccc2)nc2ccccn12)N1CCC(n2c(=O)[nH]c3ccccc32)CC1. The summed E-state index contributed by atoms with van der Waals surface area (Å²) in [7, 11) is 0. The first-order valence-corrected chi connectivity index (χ1v) is 11.9. The van der Waals surface area contributed by atoms with E-state index >= 15 is 0 Å². The number of nitrogens with zero attached hydrogens (tertiary/aromatic N) is 4. The van der Waals surface area contributed by atoms with Crippen molar-refractivity contribution in [2.75, 3.05) is 13.1 Å². The summed E-state index contributed by atoms with van der Waals surface area (Å²) in [4.78, 5) is 35.2. The maximum Gasteiger partial charge on any atom is 0.326 e.